The van der Waals surface area contributed by atoms with Crippen LogP contribution >= 0.6 is 11.3 Å². The van der Waals surface area contributed by atoms with Gasteiger partial charge in [0.15, 0.2) is 0 Å². The van der Waals surface area contributed by atoms with Gasteiger partial charge in [-0.1, -0.05) is 49.2 Å². The van der Waals surface area contributed by atoms with Crippen molar-refractivity contribution in [3.63, 3.8) is 0 Å². The molecule has 2 aromatic carbocycles. The molecular formula is C26H27FN2O2S. The molecule has 1 saturated carbocycles. The molecule has 1 aliphatic rings. The Morgan fingerprint density at radius 1 is 1.09 bits per heavy atom. The number of rotatable bonds is 7. The number of thiophene rings is 1. The number of halogens is 1. The lowest BCUT2D eigenvalue weighted by Crippen LogP contribution is -2.47. The molecule has 1 atom stereocenters. The van der Waals surface area contributed by atoms with Crippen LogP contribution < -0.4 is 10.2 Å². The fourth-order valence-corrected chi connectivity index (χ4v) is 5.05. The Balaban J connectivity index is 1.78. The van der Waals surface area contributed by atoms with Gasteiger partial charge in [0.25, 0.3) is 0 Å². The molecule has 166 valence electrons. The minimum Gasteiger partial charge on any atom is -0.351 e. The Bertz CT molecular complexity index is 1080. The van der Waals surface area contributed by atoms with Crippen molar-refractivity contribution in [1.29, 1.82) is 0 Å². The molecule has 0 aliphatic heterocycles. The highest BCUT2D eigenvalue weighted by atomic mass is 32.1. The third kappa shape index (κ3) is 5.07. The van der Waals surface area contributed by atoms with Crippen LogP contribution in [-0.2, 0) is 16.0 Å². The Morgan fingerprint density at radius 2 is 1.88 bits per heavy atom. The molecule has 0 radical (unpaired) electrons. The average molecular weight is 451 g/mol. The molecule has 1 fully saturated rings. The van der Waals surface area contributed by atoms with Gasteiger partial charge in [0.05, 0.1) is 6.42 Å². The summed E-state index contributed by atoms with van der Waals surface area (Å²) in [5, 5.41) is 5.08. The molecule has 1 heterocycles. The van der Waals surface area contributed by atoms with Crippen molar-refractivity contribution in [3.8, 4) is 0 Å². The summed E-state index contributed by atoms with van der Waals surface area (Å²) in [6.07, 6.45) is 4.20. The van der Waals surface area contributed by atoms with Crippen LogP contribution in [0, 0.1) is 12.7 Å². The van der Waals surface area contributed by atoms with Crippen LogP contribution in [0.4, 0.5) is 10.1 Å². The maximum atomic E-state index is 14.2. The number of benzene rings is 2. The fourth-order valence-electron chi connectivity index (χ4n) is 4.35. The highest BCUT2D eigenvalue weighted by Gasteiger charge is 2.35. The van der Waals surface area contributed by atoms with E-state index in [9.17, 15) is 14.0 Å². The number of anilines is 1. The maximum Gasteiger partial charge on any atom is 0.248 e. The summed E-state index contributed by atoms with van der Waals surface area (Å²) in [7, 11) is 0. The van der Waals surface area contributed by atoms with E-state index in [0.717, 1.165) is 41.7 Å². The van der Waals surface area contributed by atoms with Crippen LogP contribution in [0.15, 0.2) is 66.0 Å². The third-order valence-electron chi connectivity index (χ3n) is 5.95. The van der Waals surface area contributed by atoms with Crippen LogP contribution in [0.5, 0.6) is 0 Å². The molecule has 0 spiro atoms. The second-order valence-electron chi connectivity index (χ2n) is 8.25. The van der Waals surface area contributed by atoms with Crippen molar-refractivity contribution in [2.24, 2.45) is 0 Å². The van der Waals surface area contributed by atoms with Gasteiger partial charge in [-0.15, -0.1) is 11.3 Å². The lowest BCUT2D eigenvalue weighted by Gasteiger charge is -2.33. The fraction of sp³-hybridized carbons (Fsp3) is 0.308. The van der Waals surface area contributed by atoms with Crippen molar-refractivity contribution < 1.29 is 14.0 Å². The van der Waals surface area contributed by atoms with E-state index in [2.05, 4.69) is 5.32 Å². The van der Waals surface area contributed by atoms with E-state index in [0.29, 0.717) is 5.69 Å². The van der Waals surface area contributed by atoms with Crippen molar-refractivity contribution in [2.45, 2.75) is 51.1 Å². The average Bonchev–Trinajstić information content (AvgIpc) is 3.47. The number of nitrogens with zero attached hydrogens (tertiary/aromatic N) is 1. The van der Waals surface area contributed by atoms with E-state index < -0.39 is 11.9 Å². The van der Waals surface area contributed by atoms with Gasteiger partial charge in [0, 0.05) is 16.6 Å². The van der Waals surface area contributed by atoms with Crippen molar-refractivity contribution in [1.82, 2.24) is 5.32 Å². The zero-order valence-corrected chi connectivity index (χ0v) is 18.9. The molecule has 1 aromatic heterocycles. The van der Waals surface area contributed by atoms with Gasteiger partial charge >= 0.3 is 0 Å². The number of amides is 2. The Kier molecular flexibility index (Phi) is 7.00. The SMILES string of the molecule is Cc1ccccc1[C@H](C(=O)NC1CCCC1)N(C(=O)Cc1cccs1)c1cccc(F)c1. The molecule has 0 saturated heterocycles. The summed E-state index contributed by atoms with van der Waals surface area (Å²) >= 11 is 1.49. The van der Waals surface area contributed by atoms with Crippen LogP contribution in [0.25, 0.3) is 0 Å². The summed E-state index contributed by atoms with van der Waals surface area (Å²) in [6, 6.07) is 16.5. The molecule has 3 aromatic rings. The highest BCUT2D eigenvalue weighted by Crippen LogP contribution is 2.32. The minimum atomic E-state index is -0.883. The maximum absolute atomic E-state index is 14.2. The van der Waals surface area contributed by atoms with Gasteiger partial charge in [-0.3, -0.25) is 14.5 Å². The van der Waals surface area contributed by atoms with E-state index in [1.807, 2.05) is 48.7 Å². The zero-order valence-electron chi connectivity index (χ0n) is 18.1. The molecule has 4 nitrogen and oxygen atoms in total. The van der Waals surface area contributed by atoms with E-state index in [4.69, 9.17) is 0 Å². The Labute approximate surface area is 192 Å². The first-order valence-corrected chi connectivity index (χ1v) is 11.9. The van der Waals surface area contributed by atoms with E-state index >= 15 is 0 Å². The first-order valence-electron chi connectivity index (χ1n) is 11.0. The standard InChI is InChI=1S/C26H27FN2O2S/c1-18-8-2-5-14-23(18)25(26(31)28-20-10-3-4-11-20)29(21-12-6-9-19(27)16-21)24(30)17-22-13-7-15-32-22/h2,5-9,12-16,20,25H,3-4,10-11,17H2,1H3,(H,28,31)/t25-/m1/s1. The van der Waals surface area contributed by atoms with Gasteiger partial charge in [-0.25, -0.2) is 4.39 Å². The summed E-state index contributed by atoms with van der Waals surface area (Å²) in [4.78, 5) is 29.6. The minimum absolute atomic E-state index is 0.107. The molecule has 6 heteroatoms. The second kappa shape index (κ2) is 10.1. The summed E-state index contributed by atoms with van der Waals surface area (Å²) in [5.74, 6) is -0.918. The van der Waals surface area contributed by atoms with Gasteiger partial charge in [-0.2, -0.15) is 0 Å². The van der Waals surface area contributed by atoms with E-state index in [1.165, 1.54) is 28.4 Å². The Morgan fingerprint density at radius 3 is 2.56 bits per heavy atom. The number of hydrogen-bond donors (Lipinski definition) is 1. The van der Waals surface area contributed by atoms with Gasteiger partial charge in [0.2, 0.25) is 11.8 Å². The molecule has 0 bridgehead atoms. The molecular weight excluding hydrogens is 423 g/mol. The Hall–Kier alpha value is -2.99. The highest BCUT2D eigenvalue weighted by molar-refractivity contribution is 7.10. The number of aryl methyl sites for hydroxylation is 1. The van der Waals surface area contributed by atoms with Gasteiger partial charge < -0.3 is 5.32 Å². The zero-order chi connectivity index (χ0) is 22.5. The number of carbonyl (C=O) groups excluding carboxylic acids is 2. The van der Waals surface area contributed by atoms with Crippen LogP contribution in [0.2, 0.25) is 0 Å². The monoisotopic (exact) mass is 450 g/mol. The number of nitrogens with one attached hydrogen (secondary N) is 1. The predicted octanol–water partition coefficient (Wildman–Crippen LogP) is 5.57. The van der Waals surface area contributed by atoms with Crippen molar-refractivity contribution in [2.75, 3.05) is 4.90 Å². The molecule has 1 aliphatic carbocycles. The topological polar surface area (TPSA) is 49.4 Å². The second-order valence-corrected chi connectivity index (χ2v) is 9.28. The summed E-state index contributed by atoms with van der Waals surface area (Å²) < 4.78 is 14.2. The first kappa shape index (κ1) is 22.2. The van der Waals surface area contributed by atoms with Crippen molar-refractivity contribution in [3.05, 3.63) is 87.9 Å². The molecule has 4 rings (SSSR count). The third-order valence-corrected chi connectivity index (χ3v) is 6.83. The largest absolute Gasteiger partial charge is 0.351 e. The van der Waals surface area contributed by atoms with E-state index in [-0.39, 0.29) is 24.3 Å². The molecule has 32 heavy (non-hydrogen) atoms. The normalized spacial score (nSPS) is 14.8. The lowest BCUT2D eigenvalue weighted by atomic mass is 9.97. The summed E-state index contributed by atoms with van der Waals surface area (Å²) in [5.41, 5.74) is 2.03. The molecule has 2 amide bonds. The first-order chi connectivity index (χ1) is 15.5. The number of hydrogen-bond acceptors (Lipinski definition) is 3. The quantitative estimate of drug-likeness (QED) is 0.511. The van der Waals surface area contributed by atoms with Crippen LogP contribution in [0.1, 0.15) is 47.7 Å². The lowest BCUT2D eigenvalue weighted by molar-refractivity contribution is -0.127. The van der Waals surface area contributed by atoms with Crippen LogP contribution in [-0.4, -0.2) is 17.9 Å². The predicted molar refractivity (Wildman–Crippen MR) is 126 cm³/mol. The van der Waals surface area contributed by atoms with Crippen LogP contribution in [0.3, 0.4) is 0 Å². The van der Waals surface area contributed by atoms with E-state index in [1.54, 1.807) is 12.1 Å². The van der Waals surface area contributed by atoms with Gasteiger partial charge in [-0.05, 0) is 60.5 Å². The summed E-state index contributed by atoms with van der Waals surface area (Å²) in [6.45, 7) is 1.93. The smallest absolute Gasteiger partial charge is 0.248 e. The van der Waals surface area contributed by atoms with Crippen molar-refractivity contribution >= 4 is 28.8 Å². The molecule has 1 N–H and O–H groups in total. The van der Waals surface area contributed by atoms with Gasteiger partial charge in [0.1, 0.15) is 11.9 Å². The molecule has 0 unspecified atom stereocenters. The number of carbonyl (C=O) groups is 2.